The molecule has 1 N–H and O–H groups in total. The fourth-order valence-electron chi connectivity index (χ4n) is 3.93. The summed E-state index contributed by atoms with van der Waals surface area (Å²) in [5.74, 6) is 0.197. The molecular weight excluding hydrogens is 310 g/mol. The summed E-state index contributed by atoms with van der Waals surface area (Å²) in [7, 11) is 2.19. The first kappa shape index (κ1) is 16.7. The van der Waals surface area contributed by atoms with Crippen LogP contribution in [0, 0.1) is 0 Å². The zero-order valence-corrected chi connectivity index (χ0v) is 14.7. The van der Waals surface area contributed by atoms with E-state index in [4.69, 9.17) is 11.6 Å². The average Bonchev–Trinajstić information content (AvgIpc) is 2.89. The predicted octanol–water partition coefficient (Wildman–Crippen LogP) is 2.69. The highest BCUT2D eigenvalue weighted by Crippen LogP contribution is 2.32. The Bertz CT molecular complexity index is 540. The maximum absolute atomic E-state index is 11.4. The van der Waals surface area contributed by atoms with E-state index in [9.17, 15) is 4.79 Å². The Morgan fingerprint density at radius 2 is 1.78 bits per heavy atom. The predicted molar refractivity (Wildman–Crippen MR) is 93.6 cm³/mol. The highest BCUT2D eigenvalue weighted by atomic mass is 35.5. The average molecular weight is 336 g/mol. The molecule has 1 aromatic carbocycles. The fraction of sp³-hybridized carbons (Fsp3) is 0.611. The molecule has 0 spiro atoms. The molecule has 2 atom stereocenters. The SMILES string of the molecule is CC(=O)N1CCC(N[C@@H]2CCN(C)[C@@H]2c2ccc(Cl)cc2)CC1. The minimum atomic E-state index is 0.197. The maximum atomic E-state index is 11.4. The molecule has 0 aliphatic carbocycles. The second kappa shape index (κ2) is 7.20. The van der Waals surface area contributed by atoms with Crippen molar-refractivity contribution in [2.75, 3.05) is 26.7 Å². The van der Waals surface area contributed by atoms with Crippen LogP contribution in [0.3, 0.4) is 0 Å². The Balaban J connectivity index is 1.63. The molecular formula is C18H26ClN3O. The largest absolute Gasteiger partial charge is 0.343 e. The zero-order chi connectivity index (χ0) is 16.4. The van der Waals surface area contributed by atoms with Crippen LogP contribution < -0.4 is 5.32 Å². The Kier molecular flexibility index (Phi) is 5.24. The van der Waals surface area contributed by atoms with Gasteiger partial charge in [-0.05, 0) is 44.0 Å². The molecule has 0 bridgehead atoms. The molecule has 5 heteroatoms. The van der Waals surface area contributed by atoms with Gasteiger partial charge in [-0.15, -0.1) is 0 Å². The minimum Gasteiger partial charge on any atom is -0.343 e. The summed E-state index contributed by atoms with van der Waals surface area (Å²) in [6.45, 7) is 4.52. The van der Waals surface area contributed by atoms with Crippen LogP contribution in [0.15, 0.2) is 24.3 Å². The van der Waals surface area contributed by atoms with Crippen LogP contribution in [-0.4, -0.2) is 54.5 Å². The minimum absolute atomic E-state index is 0.197. The number of carbonyl (C=O) groups is 1. The third kappa shape index (κ3) is 3.87. The van der Waals surface area contributed by atoms with E-state index in [0.29, 0.717) is 18.1 Å². The molecule has 2 fully saturated rings. The van der Waals surface area contributed by atoms with Crippen molar-refractivity contribution in [1.82, 2.24) is 15.1 Å². The van der Waals surface area contributed by atoms with Crippen LogP contribution in [0.2, 0.25) is 5.02 Å². The van der Waals surface area contributed by atoms with Crippen molar-refractivity contribution in [2.24, 2.45) is 0 Å². The molecule has 2 heterocycles. The topological polar surface area (TPSA) is 35.6 Å². The third-order valence-electron chi connectivity index (χ3n) is 5.25. The van der Waals surface area contributed by atoms with E-state index in [-0.39, 0.29) is 5.91 Å². The quantitative estimate of drug-likeness (QED) is 0.922. The van der Waals surface area contributed by atoms with Gasteiger partial charge >= 0.3 is 0 Å². The number of carbonyl (C=O) groups excluding carboxylic acids is 1. The van der Waals surface area contributed by atoms with Crippen LogP contribution in [0.5, 0.6) is 0 Å². The Morgan fingerprint density at radius 3 is 2.39 bits per heavy atom. The number of hydrogen-bond donors (Lipinski definition) is 1. The van der Waals surface area contributed by atoms with Crippen LogP contribution >= 0.6 is 11.6 Å². The highest BCUT2D eigenvalue weighted by molar-refractivity contribution is 6.30. The first-order valence-electron chi connectivity index (χ1n) is 8.52. The number of nitrogens with one attached hydrogen (secondary N) is 1. The molecule has 1 amide bonds. The monoisotopic (exact) mass is 335 g/mol. The van der Waals surface area contributed by atoms with E-state index in [2.05, 4.69) is 29.4 Å². The number of amides is 1. The Labute approximate surface area is 143 Å². The summed E-state index contributed by atoms with van der Waals surface area (Å²) in [5.41, 5.74) is 1.33. The van der Waals surface area contributed by atoms with Gasteiger partial charge in [0.25, 0.3) is 0 Å². The molecule has 0 aromatic heterocycles. The van der Waals surface area contributed by atoms with Gasteiger partial charge in [-0.25, -0.2) is 0 Å². The molecule has 2 aliphatic heterocycles. The van der Waals surface area contributed by atoms with E-state index in [1.807, 2.05) is 17.0 Å². The van der Waals surface area contributed by atoms with Gasteiger partial charge in [0, 0.05) is 49.7 Å². The Morgan fingerprint density at radius 1 is 1.13 bits per heavy atom. The van der Waals surface area contributed by atoms with Crippen molar-refractivity contribution in [1.29, 1.82) is 0 Å². The number of likely N-dealkylation sites (N-methyl/N-ethyl adjacent to an activating group) is 1. The second-order valence-corrected chi connectivity index (χ2v) is 7.26. The normalized spacial score (nSPS) is 26.7. The molecule has 4 nitrogen and oxygen atoms in total. The van der Waals surface area contributed by atoms with Crippen LogP contribution in [0.25, 0.3) is 0 Å². The van der Waals surface area contributed by atoms with Crippen molar-refractivity contribution in [3.63, 3.8) is 0 Å². The summed E-state index contributed by atoms with van der Waals surface area (Å²) in [6.07, 6.45) is 3.26. The zero-order valence-electron chi connectivity index (χ0n) is 14.0. The number of hydrogen-bond acceptors (Lipinski definition) is 3. The summed E-state index contributed by atoms with van der Waals surface area (Å²) >= 11 is 6.02. The fourth-order valence-corrected chi connectivity index (χ4v) is 4.06. The lowest BCUT2D eigenvalue weighted by atomic mass is 9.97. The maximum Gasteiger partial charge on any atom is 0.219 e. The highest BCUT2D eigenvalue weighted by Gasteiger charge is 2.34. The number of piperidine rings is 1. The van der Waals surface area contributed by atoms with Crippen molar-refractivity contribution >= 4 is 17.5 Å². The smallest absolute Gasteiger partial charge is 0.219 e. The van der Waals surface area contributed by atoms with E-state index in [1.54, 1.807) is 6.92 Å². The first-order chi connectivity index (χ1) is 11.0. The van der Waals surface area contributed by atoms with Gasteiger partial charge in [0.2, 0.25) is 5.91 Å². The number of nitrogens with zero attached hydrogens (tertiary/aromatic N) is 2. The third-order valence-corrected chi connectivity index (χ3v) is 5.50. The van der Waals surface area contributed by atoms with Gasteiger partial charge in [-0.3, -0.25) is 9.69 Å². The standard InChI is InChI=1S/C18H26ClN3O/c1-13(23)22-11-7-16(8-12-22)20-17-9-10-21(2)18(17)14-3-5-15(19)6-4-14/h3-6,16-18,20H,7-12H2,1-2H3/t17-,18-/m1/s1. The first-order valence-corrected chi connectivity index (χ1v) is 8.89. The van der Waals surface area contributed by atoms with Crippen molar-refractivity contribution in [2.45, 2.75) is 44.3 Å². The molecule has 3 rings (SSSR count). The summed E-state index contributed by atoms with van der Waals surface area (Å²) in [5, 5.41) is 4.65. The Hall–Kier alpha value is -1.10. The lowest BCUT2D eigenvalue weighted by molar-refractivity contribution is -0.129. The van der Waals surface area contributed by atoms with Crippen LogP contribution in [0.4, 0.5) is 0 Å². The number of likely N-dealkylation sites (tertiary alicyclic amines) is 2. The lowest BCUT2D eigenvalue weighted by Gasteiger charge is -2.35. The van der Waals surface area contributed by atoms with E-state index in [0.717, 1.165) is 43.9 Å². The van der Waals surface area contributed by atoms with Gasteiger partial charge in [0.15, 0.2) is 0 Å². The van der Waals surface area contributed by atoms with Gasteiger partial charge in [0.1, 0.15) is 0 Å². The van der Waals surface area contributed by atoms with Crippen molar-refractivity contribution in [3.05, 3.63) is 34.9 Å². The molecule has 126 valence electrons. The van der Waals surface area contributed by atoms with E-state index >= 15 is 0 Å². The van der Waals surface area contributed by atoms with Gasteiger partial charge in [-0.2, -0.15) is 0 Å². The summed E-state index contributed by atoms with van der Waals surface area (Å²) < 4.78 is 0. The van der Waals surface area contributed by atoms with Crippen molar-refractivity contribution < 1.29 is 4.79 Å². The number of halogens is 1. The van der Waals surface area contributed by atoms with Gasteiger partial charge in [0.05, 0.1) is 0 Å². The van der Waals surface area contributed by atoms with Gasteiger partial charge in [-0.1, -0.05) is 23.7 Å². The van der Waals surface area contributed by atoms with Crippen LogP contribution in [-0.2, 0) is 4.79 Å². The molecule has 0 saturated carbocycles. The van der Waals surface area contributed by atoms with E-state index < -0.39 is 0 Å². The molecule has 2 aliphatic rings. The summed E-state index contributed by atoms with van der Waals surface area (Å²) in [4.78, 5) is 15.8. The summed E-state index contributed by atoms with van der Waals surface area (Å²) in [6, 6.07) is 9.62. The van der Waals surface area contributed by atoms with Crippen molar-refractivity contribution in [3.8, 4) is 0 Å². The van der Waals surface area contributed by atoms with E-state index in [1.165, 1.54) is 5.56 Å². The molecule has 1 aromatic rings. The molecule has 2 saturated heterocycles. The lowest BCUT2D eigenvalue weighted by Crippen LogP contribution is -2.48. The number of rotatable bonds is 3. The van der Waals surface area contributed by atoms with Crippen LogP contribution in [0.1, 0.15) is 37.8 Å². The second-order valence-electron chi connectivity index (χ2n) is 6.82. The van der Waals surface area contributed by atoms with Gasteiger partial charge < -0.3 is 10.2 Å². The molecule has 23 heavy (non-hydrogen) atoms. The number of benzene rings is 1. The molecule has 0 unspecified atom stereocenters. The molecule has 0 radical (unpaired) electrons.